The molecule has 0 saturated heterocycles. The van der Waals surface area contributed by atoms with E-state index in [1.54, 1.807) is 6.07 Å². The Morgan fingerprint density at radius 2 is 2.12 bits per heavy atom. The van der Waals surface area contributed by atoms with Gasteiger partial charge in [0.05, 0.1) is 0 Å². The topological polar surface area (TPSA) is 40.5 Å². The first-order valence-electron chi connectivity index (χ1n) is 5.36. The second-order valence-corrected chi connectivity index (χ2v) is 4.46. The zero-order valence-corrected chi connectivity index (χ0v) is 10.9. The van der Waals surface area contributed by atoms with Gasteiger partial charge in [-0.2, -0.15) is 0 Å². The summed E-state index contributed by atoms with van der Waals surface area (Å²) in [6.07, 6.45) is 2.62. The van der Waals surface area contributed by atoms with Crippen LogP contribution in [0, 0.1) is 0 Å². The number of nitrogens with zero attached hydrogens (tertiary/aromatic N) is 1. The highest BCUT2D eigenvalue weighted by Crippen LogP contribution is 2.29. The van der Waals surface area contributed by atoms with Crippen molar-refractivity contribution < 1.29 is 9.90 Å². The van der Waals surface area contributed by atoms with Crippen molar-refractivity contribution in [1.82, 2.24) is 0 Å². The van der Waals surface area contributed by atoms with E-state index < -0.39 is 5.97 Å². The van der Waals surface area contributed by atoms with Gasteiger partial charge in [0.25, 0.3) is 0 Å². The highest BCUT2D eigenvalue weighted by Gasteiger charge is 2.11. The zero-order valence-electron chi connectivity index (χ0n) is 10.1. The molecular weight excluding hydrogens is 238 g/mol. The Labute approximate surface area is 106 Å². The van der Waals surface area contributed by atoms with Crippen molar-refractivity contribution in [2.24, 2.45) is 0 Å². The van der Waals surface area contributed by atoms with Gasteiger partial charge in [0.1, 0.15) is 0 Å². The van der Waals surface area contributed by atoms with Crippen molar-refractivity contribution in [1.29, 1.82) is 0 Å². The first-order chi connectivity index (χ1) is 7.93. The molecule has 0 bridgehead atoms. The molecule has 0 aromatic heterocycles. The van der Waals surface area contributed by atoms with Crippen LogP contribution < -0.4 is 4.90 Å². The number of hydrogen-bond acceptors (Lipinski definition) is 2. The minimum Gasteiger partial charge on any atom is -0.478 e. The van der Waals surface area contributed by atoms with Gasteiger partial charge >= 0.3 is 5.97 Å². The Hall–Kier alpha value is -1.48. The van der Waals surface area contributed by atoms with E-state index in [0.29, 0.717) is 11.1 Å². The fourth-order valence-electron chi connectivity index (χ4n) is 1.43. The van der Waals surface area contributed by atoms with Gasteiger partial charge in [-0.1, -0.05) is 17.7 Å². The predicted octanol–water partition coefficient (Wildman–Crippen LogP) is 3.28. The molecular formula is C13H16ClNO2. The van der Waals surface area contributed by atoms with E-state index in [-0.39, 0.29) is 0 Å². The lowest BCUT2D eigenvalue weighted by atomic mass is 10.1. The molecule has 1 rings (SSSR count). The van der Waals surface area contributed by atoms with E-state index in [2.05, 4.69) is 13.8 Å². The molecule has 1 aromatic carbocycles. The molecule has 0 aliphatic rings. The number of benzene rings is 1. The highest BCUT2D eigenvalue weighted by atomic mass is 35.5. The first-order valence-corrected chi connectivity index (χ1v) is 5.73. The average Bonchev–Trinajstić information content (AvgIpc) is 2.25. The van der Waals surface area contributed by atoms with Gasteiger partial charge in [0.2, 0.25) is 0 Å². The fraction of sp³-hybridized carbons (Fsp3) is 0.308. The third-order valence-electron chi connectivity index (χ3n) is 2.58. The van der Waals surface area contributed by atoms with Crippen LogP contribution in [0.15, 0.2) is 24.3 Å². The van der Waals surface area contributed by atoms with Gasteiger partial charge in [-0.15, -0.1) is 0 Å². The Morgan fingerprint density at radius 3 is 2.65 bits per heavy atom. The van der Waals surface area contributed by atoms with Crippen LogP contribution in [-0.2, 0) is 4.79 Å². The van der Waals surface area contributed by atoms with Crippen molar-refractivity contribution in [3.05, 3.63) is 34.9 Å². The fourth-order valence-corrected chi connectivity index (χ4v) is 1.66. The third kappa shape index (κ3) is 3.49. The summed E-state index contributed by atoms with van der Waals surface area (Å²) in [5.74, 6) is -0.983. The monoisotopic (exact) mass is 253 g/mol. The molecule has 0 unspecified atom stereocenters. The molecule has 0 atom stereocenters. The molecule has 0 radical (unpaired) electrons. The molecule has 0 aliphatic heterocycles. The summed E-state index contributed by atoms with van der Waals surface area (Å²) in [7, 11) is 1.95. The van der Waals surface area contributed by atoms with Crippen LogP contribution in [0.25, 0.3) is 6.08 Å². The van der Waals surface area contributed by atoms with Crippen molar-refractivity contribution in [2.75, 3.05) is 11.9 Å². The molecule has 1 N–H and O–H groups in total. The van der Waals surface area contributed by atoms with E-state index in [1.165, 1.54) is 6.08 Å². The second kappa shape index (κ2) is 5.73. The molecule has 0 spiro atoms. The lowest BCUT2D eigenvalue weighted by Gasteiger charge is -2.26. The van der Waals surface area contributed by atoms with Crippen molar-refractivity contribution in [3.63, 3.8) is 0 Å². The highest BCUT2D eigenvalue weighted by molar-refractivity contribution is 6.32. The molecule has 0 heterocycles. The van der Waals surface area contributed by atoms with E-state index in [9.17, 15) is 4.79 Å². The van der Waals surface area contributed by atoms with Crippen molar-refractivity contribution >= 4 is 29.3 Å². The van der Waals surface area contributed by atoms with E-state index in [0.717, 1.165) is 17.3 Å². The first kappa shape index (κ1) is 13.6. The predicted molar refractivity (Wildman–Crippen MR) is 71.7 cm³/mol. The van der Waals surface area contributed by atoms with Gasteiger partial charge in [0, 0.05) is 35.4 Å². The number of halogens is 1. The van der Waals surface area contributed by atoms with Gasteiger partial charge in [-0.3, -0.25) is 0 Å². The van der Waals surface area contributed by atoms with Crippen LogP contribution in [0.2, 0.25) is 5.02 Å². The van der Waals surface area contributed by atoms with Crippen LogP contribution in [-0.4, -0.2) is 24.2 Å². The molecule has 0 aliphatic carbocycles. The number of carboxylic acids is 1. The van der Waals surface area contributed by atoms with Gasteiger partial charge in [0.15, 0.2) is 0 Å². The summed E-state index contributed by atoms with van der Waals surface area (Å²) in [4.78, 5) is 12.6. The number of rotatable bonds is 4. The lowest BCUT2D eigenvalue weighted by molar-refractivity contribution is -0.131. The summed E-state index contributed by atoms with van der Waals surface area (Å²) >= 11 is 6.09. The quantitative estimate of drug-likeness (QED) is 0.838. The standard InChI is InChI=1S/C13H16ClNO2/c1-9(2)15(3)12-6-4-5-11(14)10(12)7-8-13(16)17/h4-9H,1-3H3,(H,16,17)/b8-7+. The number of aliphatic carboxylic acids is 1. The third-order valence-corrected chi connectivity index (χ3v) is 2.91. The Balaban J connectivity index is 3.21. The van der Waals surface area contributed by atoms with Crippen molar-refractivity contribution in [3.8, 4) is 0 Å². The summed E-state index contributed by atoms with van der Waals surface area (Å²) in [5, 5.41) is 9.21. The molecule has 92 valence electrons. The van der Waals surface area contributed by atoms with Crippen LogP contribution in [0.3, 0.4) is 0 Å². The minimum absolute atomic E-state index is 0.311. The Morgan fingerprint density at radius 1 is 1.47 bits per heavy atom. The molecule has 1 aromatic rings. The largest absolute Gasteiger partial charge is 0.478 e. The van der Waals surface area contributed by atoms with Gasteiger partial charge in [-0.05, 0) is 32.1 Å². The van der Waals surface area contributed by atoms with Crippen LogP contribution >= 0.6 is 11.6 Å². The molecule has 17 heavy (non-hydrogen) atoms. The van der Waals surface area contributed by atoms with E-state index >= 15 is 0 Å². The Kier molecular flexibility index (Phi) is 4.58. The maximum Gasteiger partial charge on any atom is 0.328 e. The summed E-state index contributed by atoms with van der Waals surface area (Å²) in [6, 6.07) is 5.84. The number of carboxylic acid groups (broad SMARTS) is 1. The molecule has 0 saturated carbocycles. The normalized spacial score (nSPS) is 11.1. The minimum atomic E-state index is -0.983. The van der Waals surface area contributed by atoms with Crippen LogP contribution in [0.4, 0.5) is 5.69 Å². The van der Waals surface area contributed by atoms with Crippen LogP contribution in [0.5, 0.6) is 0 Å². The average molecular weight is 254 g/mol. The Bertz CT molecular complexity index is 441. The molecule has 0 fully saturated rings. The zero-order chi connectivity index (χ0) is 13.0. The van der Waals surface area contributed by atoms with Gasteiger partial charge in [-0.25, -0.2) is 4.79 Å². The van der Waals surface area contributed by atoms with Crippen molar-refractivity contribution in [2.45, 2.75) is 19.9 Å². The number of anilines is 1. The summed E-state index contributed by atoms with van der Waals surface area (Å²) < 4.78 is 0. The van der Waals surface area contributed by atoms with Crippen LogP contribution in [0.1, 0.15) is 19.4 Å². The SMILES string of the molecule is CC(C)N(C)c1cccc(Cl)c1/C=C/C(=O)O. The smallest absolute Gasteiger partial charge is 0.328 e. The second-order valence-electron chi connectivity index (χ2n) is 4.05. The maximum atomic E-state index is 10.6. The molecule has 4 heteroatoms. The van der Waals surface area contributed by atoms with E-state index in [1.807, 2.05) is 24.1 Å². The summed E-state index contributed by atoms with van der Waals surface area (Å²) in [6.45, 7) is 4.12. The summed E-state index contributed by atoms with van der Waals surface area (Å²) in [5.41, 5.74) is 1.65. The molecule has 0 amide bonds. The lowest BCUT2D eigenvalue weighted by Crippen LogP contribution is -2.26. The van der Waals surface area contributed by atoms with E-state index in [4.69, 9.17) is 16.7 Å². The van der Waals surface area contributed by atoms with Gasteiger partial charge < -0.3 is 10.0 Å². The number of hydrogen-bond donors (Lipinski definition) is 1. The molecule has 3 nitrogen and oxygen atoms in total. The maximum absolute atomic E-state index is 10.6. The number of carbonyl (C=O) groups is 1.